The molecule has 0 saturated heterocycles. The van der Waals surface area contributed by atoms with Crippen molar-refractivity contribution in [3.63, 3.8) is 0 Å². The van der Waals surface area contributed by atoms with Crippen molar-refractivity contribution in [3.05, 3.63) is 75.5 Å². The van der Waals surface area contributed by atoms with Crippen LogP contribution in [-0.4, -0.2) is 24.4 Å². The molecule has 1 fully saturated rings. The Bertz CT molecular complexity index is 1380. The maximum atomic E-state index is 15.0. The van der Waals surface area contributed by atoms with E-state index in [1.54, 1.807) is 0 Å². The highest BCUT2D eigenvalue weighted by atomic mass is 35.5. The Kier molecular flexibility index (Phi) is 7.22. The van der Waals surface area contributed by atoms with Gasteiger partial charge in [0.1, 0.15) is 10.7 Å². The van der Waals surface area contributed by atoms with E-state index in [4.69, 9.17) is 23.2 Å². The molecular weight excluding hydrogens is 505 g/mol. The summed E-state index contributed by atoms with van der Waals surface area (Å²) in [5.74, 6) is 3.34. The molecule has 0 radical (unpaired) electrons. The van der Waals surface area contributed by atoms with E-state index in [0.717, 1.165) is 31.0 Å². The second kappa shape index (κ2) is 10.1. The first-order chi connectivity index (χ1) is 16.2. The second-order valence-corrected chi connectivity index (χ2v) is 10.1. The fraction of sp³-hybridized carbons (Fsp3) is 0.217. The van der Waals surface area contributed by atoms with E-state index in [0.29, 0.717) is 17.6 Å². The molecular formula is C23H18Cl2F2N4O2S. The van der Waals surface area contributed by atoms with E-state index in [2.05, 4.69) is 31.8 Å². The number of sulfonamides is 1. The molecule has 1 aromatic heterocycles. The topological polar surface area (TPSA) is 84.0 Å². The van der Waals surface area contributed by atoms with Gasteiger partial charge < -0.3 is 5.32 Å². The summed E-state index contributed by atoms with van der Waals surface area (Å²) in [5, 5.41) is 3.26. The van der Waals surface area contributed by atoms with Gasteiger partial charge in [-0.1, -0.05) is 47.9 Å². The minimum Gasteiger partial charge on any atom is -0.351 e. The maximum Gasteiger partial charge on any atom is 0.263 e. The van der Waals surface area contributed by atoms with Crippen LogP contribution in [0.5, 0.6) is 0 Å². The largest absolute Gasteiger partial charge is 0.351 e. The summed E-state index contributed by atoms with van der Waals surface area (Å²) in [7, 11) is -4.30. The molecule has 0 amide bonds. The molecule has 176 valence electrons. The zero-order valence-electron chi connectivity index (χ0n) is 17.6. The molecule has 11 heteroatoms. The quantitative estimate of drug-likeness (QED) is 0.425. The molecule has 1 saturated carbocycles. The molecule has 2 aromatic carbocycles. The summed E-state index contributed by atoms with van der Waals surface area (Å²) < 4.78 is 56.7. The van der Waals surface area contributed by atoms with Crippen LogP contribution in [0.25, 0.3) is 0 Å². The third-order valence-corrected chi connectivity index (χ3v) is 7.27. The summed E-state index contributed by atoms with van der Waals surface area (Å²) in [5.41, 5.74) is -0.757. The van der Waals surface area contributed by atoms with E-state index in [1.807, 2.05) is 0 Å². The third kappa shape index (κ3) is 5.58. The summed E-state index contributed by atoms with van der Waals surface area (Å²) in [6.07, 6.45) is 7.35. The van der Waals surface area contributed by atoms with E-state index >= 15 is 0 Å². The standard InChI is InChI=1S/C23H18Cl2F2N4O2S/c24-15-6-8-18(25)21(11-15)34(32,33)31-20-10-9-19(26)17(22(20)27)7-5-14-12-28-23(29-13-14)30-16-3-1-2-4-16/h6,8-13,16,31H,1-4H2,(H,28,29,30). The van der Waals surface area contributed by atoms with Gasteiger partial charge in [0.25, 0.3) is 10.0 Å². The van der Waals surface area contributed by atoms with Gasteiger partial charge in [0, 0.05) is 23.5 Å². The number of benzene rings is 2. The number of nitrogens with one attached hydrogen (secondary N) is 2. The minimum atomic E-state index is -4.30. The lowest BCUT2D eigenvalue weighted by molar-refractivity contribution is 0.578. The molecule has 1 aliphatic rings. The third-order valence-electron chi connectivity index (χ3n) is 5.19. The Labute approximate surface area is 205 Å². The first-order valence-corrected chi connectivity index (χ1v) is 12.5. The molecule has 34 heavy (non-hydrogen) atoms. The molecule has 2 N–H and O–H groups in total. The number of anilines is 2. The minimum absolute atomic E-state index is 0.106. The van der Waals surface area contributed by atoms with Crippen molar-refractivity contribution >= 4 is 44.9 Å². The summed E-state index contributed by atoms with van der Waals surface area (Å²) >= 11 is 11.8. The van der Waals surface area contributed by atoms with Gasteiger partial charge in [-0.25, -0.2) is 27.2 Å². The number of hydrogen-bond acceptors (Lipinski definition) is 5. The SMILES string of the molecule is O=S(=O)(Nc1ccc(F)c(C#Cc2cnc(NC3CCCC3)nc2)c1F)c1cc(Cl)ccc1Cl. The van der Waals surface area contributed by atoms with Crippen LogP contribution >= 0.6 is 23.2 Å². The van der Waals surface area contributed by atoms with Crippen LogP contribution in [0, 0.1) is 23.5 Å². The van der Waals surface area contributed by atoms with Gasteiger partial charge in [0.05, 0.1) is 21.8 Å². The van der Waals surface area contributed by atoms with Crippen molar-refractivity contribution in [1.29, 1.82) is 0 Å². The van der Waals surface area contributed by atoms with E-state index < -0.39 is 32.9 Å². The Morgan fingerprint density at radius 3 is 2.41 bits per heavy atom. The van der Waals surface area contributed by atoms with Crippen LogP contribution < -0.4 is 10.0 Å². The van der Waals surface area contributed by atoms with Crippen LogP contribution in [-0.2, 0) is 10.0 Å². The maximum absolute atomic E-state index is 15.0. The van der Waals surface area contributed by atoms with E-state index in [9.17, 15) is 17.2 Å². The average molecular weight is 523 g/mol. The highest BCUT2D eigenvalue weighted by Crippen LogP contribution is 2.29. The summed E-state index contributed by atoms with van der Waals surface area (Å²) in [6.45, 7) is 0. The molecule has 0 bridgehead atoms. The molecule has 6 nitrogen and oxygen atoms in total. The lowest BCUT2D eigenvalue weighted by atomic mass is 10.1. The van der Waals surface area contributed by atoms with Crippen molar-refractivity contribution in [2.24, 2.45) is 0 Å². The number of nitrogens with zero attached hydrogens (tertiary/aromatic N) is 2. The van der Waals surface area contributed by atoms with Gasteiger partial charge in [0.2, 0.25) is 5.95 Å². The smallest absolute Gasteiger partial charge is 0.263 e. The van der Waals surface area contributed by atoms with Crippen molar-refractivity contribution in [1.82, 2.24) is 9.97 Å². The first-order valence-electron chi connectivity index (χ1n) is 10.3. The van der Waals surface area contributed by atoms with E-state index in [1.165, 1.54) is 37.4 Å². The normalized spacial score (nSPS) is 13.9. The number of hydrogen-bond donors (Lipinski definition) is 2. The van der Waals surface area contributed by atoms with Crippen molar-refractivity contribution < 1.29 is 17.2 Å². The zero-order valence-corrected chi connectivity index (χ0v) is 19.9. The first kappa shape index (κ1) is 24.2. The van der Waals surface area contributed by atoms with Crippen LogP contribution in [0.1, 0.15) is 36.8 Å². The summed E-state index contributed by atoms with van der Waals surface area (Å²) in [6, 6.07) is 6.05. The monoisotopic (exact) mass is 522 g/mol. The Morgan fingerprint density at radius 1 is 1.00 bits per heavy atom. The predicted molar refractivity (Wildman–Crippen MR) is 128 cm³/mol. The molecule has 1 heterocycles. The van der Waals surface area contributed by atoms with E-state index in [-0.39, 0.29) is 14.9 Å². The van der Waals surface area contributed by atoms with Gasteiger partial charge in [-0.2, -0.15) is 0 Å². The Balaban J connectivity index is 1.56. The molecule has 1 aliphatic carbocycles. The van der Waals surface area contributed by atoms with Crippen molar-refractivity contribution in [2.45, 2.75) is 36.6 Å². The number of halogens is 4. The molecule has 4 rings (SSSR count). The highest BCUT2D eigenvalue weighted by Gasteiger charge is 2.22. The van der Waals surface area contributed by atoms with Gasteiger partial charge in [-0.05, 0) is 43.2 Å². The fourth-order valence-electron chi connectivity index (χ4n) is 3.48. The van der Waals surface area contributed by atoms with Crippen LogP contribution in [0.4, 0.5) is 20.4 Å². The van der Waals surface area contributed by atoms with Gasteiger partial charge in [0.15, 0.2) is 5.82 Å². The Hall–Kier alpha value is -2.93. The molecule has 3 aromatic rings. The van der Waals surface area contributed by atoms with Crippen molar-refractivity contribution in [3.8, 4) is 11.8 Å². The van der Waals surface area contributed by atoms with Crippen molar-refractivity contribution in [2.75, 3.05) is 10.0 Å². The zero-order chi connectivity index (χ0) is 24.3. The van der Waals surface area contributed by atoms with Crippen LogP contribution in [0.2, 0.25) is 10.0 Å². The molecule has 0 unspecified atom stereocenters. The lowest BCUT2D eigenvalue weighted by Crippen LogP contribution is -2.16. The van der Waals surface area contributed by atoms with Gasteiger partial charge >= 0.3 is 0 Å². The Morgan fingerprint density at radius 2 is 1.71 bits per heavy atom. The van der Waals surface area contributed by atoms with Gasteiger partial charge in [-0.3, -0.25) is 4.72 Å². The molecule has 0 spiro atoms. The fourth-order valence-corrected chi connectivity index (χ4v) is 5.31. The number of rotatable bonds is 5. The number of aromatic nitrogens is 2. The summed E-state index contributed by atoms with van der Waals surface area (Å²) in [4.78, 5) is 8.03. The second-order valence-electron chi connectivity index (χ2n) is 7.64. The van der Waals surface area contributed by atoms with Crippen LogP contribution in [0.3, 0.4) is 0 Å². The van der Waals surface area contributed by atoms with Gasteiger partial charge in [-0.15, -0.1) is 0 Å². The van der Waals surface area contributed by atoms with Crippen LogP contribution in [0.15, 0.2) is 47.6 Å². The molecule has 0 aliphatic heterocycles. The lowest BCUT2D eigenvalue weighted by Gasteiger charge is -2.11. The predicted octanol–water partition coefficient (Wildman–Crippen LogP) is 5.62. The highest BCUT2D eigenvalue weighted by molar-refractivity contribution is 7.92. The average Bonchev–Trinajstić information content (AvgIpc) is 3.31. The molecule has 0 atom stereocenters.